The number of fused-ring (bicyclic) bond motifs is 1. The van der Waals surface area contributed by atoms with E-state index in [0.29, 0.717) is 13.1 Å². The van der Waals surface area contributed by atoms with Crippen LogP contribution in [0.15, 0.2) is 12.1 Å². The summed E-state index contributed by atoms with van der Waals surface area (Å²) in [6.07, 6.45) is -0.508. The Labute approximate surface area is 143 Å². The minimum atomic E-state index is -0.954. The largest absolute Gasteiger partial charge is 0.444 e. The Bertz CT molecular complexity index is 700. The monoisotopic (exact) mass is 355 g/mol. The van der Waals surface area contributed by atoms with Crippen molar-refractivity contribution >= 4 is 17.5 Å². The van der Waals surface area contributed by atoms with Crippen LogP contribution in [-0.2, 0) is 4.74 Å². The van der Waals surface area contributed by atoms with Gasteiger partial charge in [-0.05, 0) is 20.8 Å². The van der Waals surface area contributed by atoms with Gasteiger partial charge in [0.2, 0.25) is 0 Å². The molecular weight excluding hydrogens is 336 g/mol. The Hall–Kier alpha value is -2.45. The molecule has 1 amide bonds. The second-order valence-electron chi connectivity index (χ2n) is 7.42. The smallest absolute Gasteiger partial charge is 0.407 e. The van der Waals surface area contributed by atoms with E-state index in [-0.39, 0.29) is 23.6 Å². The summed E-state index contributed by atoms with van der Waals surface area (Å²) in [5.74, 6) is -1.74. The normalized spacial score (nSPS) is 24.7. The summed E-state index contributed by atoms with van der Waals surface area (Å²) < 4.78 is 33.4. The Morgan fingerprint density at radius 2 is 1.80 bits per heavy atom. The number of nitro groups is 1. The number of benzene rings is 1. The van der Waals surface area contributed by atoms with Crippen LogP contribution in [0.2, 0.25) is 0 Å². The number of nitrogens with zero attached hydrogens (tertiary/aromatic N) is 2. The number of ether oxygens (including phenoxy) is 1. The zero-order valence-electron chi connectivity index (χ0n) is 14.1. The van der Waals surface area contributed by atoms with E-state index in [1.54, 1.807) is 20.8 Å². The van der Waals surface area contributed by atoms with Gasteiger partial charge >= 0.3 is 6.09 Å². The number of nitrogens with one attached hydrogen (secondary N) is 1. The second-order valence-corrected chi connectivity index (χ2v) is 7.42. The number of halogens is 2. The predicted molar refractivity (Wildman–Crippen MR) is 85.4 cm³/mol. The van der Waals surface area contributed by atoms with E-state index in [1.807, 2.05) is 0 Å². The van der Waals surface area contributed by atoms with Gasteiger partial charge in [0.25, 0.3) is 5.69 Å². The van der Waals surface area contributed by atoms with E-state index in [1.165, 1.54) is 4.90 Å². The summed E-state index contributed by atoms with van der Waals surface area (Å²) in [6, 6.07) is 1.37. The Morgan fingerprint density at radius 3 is 2.24 bits per heavy atom. The zero-order chi connectivity index (χ0) is 18.5. The van der Waals surface area contributed by atoms with Gasteiger partial charge in [-0.2, -0.15) is 0 Å². The molecule has 3 rings (SSSR count). The third-order valence-corrected chi connectivity index (χ3v) is 4.41. The Balaban J connectivity index is 1.62. The van der Waals surface area contributed by atoms with E-state index < -0.39 is 33.9 Å². The summed E-state index contributed by atoms with van der Waals surface area (Å²) >= 11 is 0. The first-order chi connectivity index (χ1) is 11.6. The highest BCUT2D eigenvalue weighted by Gasteiger charge is 2.57. The maximum Gasteiger partial charge on any atom is 0.407 e. The van der Waals surface area contributed by atoms with Gasteiger partial charge in [0.15, 0.2) is 11.6 Å². The number of non-ortho nitro benzene ring substituents is 1. The number of hydrogen-bond donors (Lipinski definition) is 1. The topological polar surface area (TPSA) is 84.7 Å². The second kappa shape index (κ2) is 5.82. The van der Waals surface area contributed by atoms with Gasteiger partial charge in [-0.1, -0.05) is 0 Å². The first kappa shape index (κ1) is 17.4. The van der Waals surface area contributed by atoms with Crippen molar-refractivity contribution < 1.29 is 23.2 Å². The van der Waals surface area contributed by atoms with Crippen LogP contribution in [-0.4, -0.2) is 35.7 Å². The van der Waals surface area contributed by atoms with Crippen molar-refractivity contribution in [1.29, 1.82) is 0 Å². The summed E-state index contributed by atoms with van der Waals surface area (Å²) in [5, 5.41) is 13.4. The maximum absolute atomic E-state index is 14.1. The number of carbonyl (C=O) groups excluding carboxylic acids is 1. The predicted octanol–water partition coefficient (Wildman–Crippen LogP) is 2.83. The maximum atomic E-state index is 14.1. The van der Waals surface area contributed by atoms with Crippen molar-refractivity contribution in [2.75, 3.05) is 18.0 Å². The fourth-order valence-corrected chi connectivity index (χ4v) is 3.33. The molecule has 7 nitrogen and oxygen atoms in total. The molecule has 1 heterocycles. The zero-order valence-corrected chi connectivity index (χ0v) is 14.1. The number of piperidine rings is 1. The van der Waals surface area contributed by atoms with Crippen molar-refractivity contribution in [3.63, 3.8) is 0 Å². The quantitative estimate of drug-likeness (QED) is 0.666. The highest BCUT2D eigenvalue weighted by atomic mass is 19.1. The van der Waals surface area contributed by atoms with Crippen LogP contribution >= 0.6 is 0 Å². The van der Waals surface area contributed by atoms with Crippen molar-refractivity contribution in [2.24, 2.45) is 11.8 Å². The summed E-state index contributed by atoms with van der Waals surface area (Å²) in [6.45, 7) is 6.04. The molecule has 1 aliphatic carbocycles. The van der Waals surface area contributed by atoms with Crippen LogP contribution in [0.3, 0.4) is 0 Å². The molecule has 1 N–H and O–H groups in total. The van der Waals surface area contributed by atoms with Gasteiger partial charge in [-0.3, -0.25) is 10.1 Å². The summed E-state index contributed by atoms with van der Waals surface area (Å²) in [5.41, 5.74) is -1.47. The Morgan fingerprint density at radius 1 is 1.28 bits per heavy atom. The first-order valence-corrected chi connectivity index (χ1v) is 7.95. The highest BCUT2D eigenvalue weighted by molar-refractivity contribution is 5.69. The van der Waals surface area contributed by atoms with Crippen LogP contribution in [0.25, 0.3) is 0 Å². The molecule has 136 valence electrons. The lowest BCUT2D eigenvalue weighted by atomic mass is 10.2. The van der Waals surface area contributed by atoms with Gasteiger partial charge in [-0.25, -0.2) is 13.6 Å². The molecule has 9 heteroatoms. The first-order valence-electron chi connectivity index (χ1n) is 7.95. The molecule has 1 aromatic carbocycles. The number of nitro benzene ring substituents is 1. The highest BCUT2D eigenvalue weighted by Crippen LogP contribution is 2.48. The van der Waals surface area contributed by atoms with E-state index in [9.17, 15) is 23.7 Å². The number of rotatable bonds is 3. The van der Waals surface area contributed by atoms with E-state index in [0.717, 1.165) is 12.1 Å². The van der Waals surface area contributed by atoms with Crippen LogP contribution in [0.5, 0.6) is 0 Å². The molecule has 2 fully saturated rings. The number of anilines is 1. The Kier molecular flexibility index (Phi) is 4.04. The SMILES string of the molecule is CC(C)(C)OC(=O)N[C@H]1C2CN(c3c(F)cc([N+](=O)[O-])cc3F)C[C@@H]21. The molecule has 25 heavy (non-hydrogen) atoms. The lowest BCUT2D eigenvalue weighted by molar-refractivity contribution is -0.385. The lowest BCUT2D eigenvalue weighted by Crippen LogP contribution is -2.38. The van der Waals surface area contributed by atoms with Gasteiger partial charge in [0.1, 0.15) is 11.3 Å². The van der Waals surface area contributed by atoms with E-state index >= 15 is 0 Å². The molecule has 0 spiro atoms. The molecule has 1 aliphatic heterocycles. The molecule has 1 saturated carbocycles. The average Bonchev–Trinajstić information content (AvgIpc) is 2.90. The van der Waals surface area contributed by atoms with E-state index in [4.69, 9.17) is 4.74 Å². The van der Waals surface area contributed by atoms with Crippen molar-refractivity contribution in [3.05, 3.63) is 33.9 Å². The van der Waals surface area contributed by atoms with Crippen LogP contribution < -0.4 is 10.2 Å². The number of carbonyl (C=O) groups is 1. The number of alkyl carbamates (subject to hydrolysis) is 1. The van der Waals surface area contributed by atoms with E-state index in [2.05, 4.69) is 5.32 Å². The molecule has 0 bridgehead atoms. The summed E-state index contributed by atoms with van der Waals surface area (Å²) in [7, 11) is 0. The van der Waals surface area contributed by atoms with Gasteiger partial charge < -0.3 is 15.0 Å². The molecule has 3 atom stereocenters. The fraction of sp³-hybridized carbons (Fsp3) is 0.562. The average molecular weight is 355 g/mol. The van der Waals surface area contributed by atoms with Crippen LogP contribution in [0, 0.1) is 33.6 Å². The van der Waals surface area contributed by atoms with Crippen LogP contribution in [0.1, 0.15) is 20.8 Å². The standard InChI is InChI=1S/C16H19F2N3O4/c1-16(2,3)25-15(22)19-13-9-6-20(7-10(9)13)14-11(17)4-8(21(23)24)5-12(14)18/h4-5,9-10,13H,6-7H2,1-3H3,(H,19,22)/t9-,10?,13+/m0/s1. The molecule has 0 aromatic heterocycles. The fourth-order valence-electron chi connectivity index (χ4n) is 3.33. The van der Waals surface area contributed by atoms with Gasteiger partial charge in [-0.15, -0.1) is 0 Å². The van der Waals surface area contributed by atoms with Crippen LogP contribution in [0.4, 0.5) is 25.0 Å². The third kappa shape index (κ3) is 3.49. The minimum absolute atomic E-state index is 0.0738. The summed E-state index contributed by atoms with van der Waals surface area (Å²) in [4.78, 5) is 23.1. The molecule has 0 radical (unpaired) electrons. The number of hydrogen-bond acceptors (Lipinski definition) is 5. The molecule has 1 unspecified atom stereocenters. The molecule has 2 aliphatic rings. The minimum Gasteiger partial charge on any atom is -0.444 e. The van der Waals surface area contributed by atoms with Crippen molar-refractivity contribution in [2.45, 2.75) is 32.4 Å². The molecule has 1 aromatic rings. The van der Waals surface area contributed by atoms with Gasteiger partial charge in [0.05, 0.1) is 17.1 Å². The number of amides is 1. The van der Waals surface area contributed by atoms with Crippen molar-refractivity contribution in [3.8, 4) is 0 Å². The molecule has 1 saturated heterocycles. The van der Waals surface area contributed by atoms with Crippen molar-refractivity contribution in [1.82, 2.24) is 5.32 Å². The third-order valence-electron chi connectivity index (χ3n) is 4.41. The van der Waals surface area contributed by atoms with Gasteiger partial charge in [0, 0.05) is 31.0 Å². The molecular formula is C16H19F2N3O4. The lowest BCUT2D eigenvalue weighted by Gasteiger charge is -2.24.